The van der Waals surface area contributed by atoms with Gasteiger partial charge < -0.3 is 20.4 Å². The molecule has 1 aliphatic rings. The Morgan fingerprint density at radius 1 is 1.18 bits per heavy atom. The van der Waals surface area contributed by atoms with Gasteiger partial charge in [0.05, 0.1) is 12.2 Å². The summed E-state index contributed by atoms with van der Waals surface area (Å²) in [5, 5.41) is 36.0. The minimum absolute atomic E-state index is 0.165. The highest BCUT2D eigenvalue weighted by Gasteiger charge is 2.35. The SMILES string of the molecule is OC[C@@H]1C[CH][C@H](O)[C@@H](O)[C@H]1O. The molecule has 0 aromatic rings. The van der Waals surface area contributed by atoms with Crippen molar-refractivity contribution in [3.63, 3.8) is 0 Å². The van der Waals surface area contributed by atoms with Crippen molar-refractivity contribution < 1.29 is 20.4 Å². The van der Waals surface area contributed by atoms with Crippen molar-refractivity contribution in [3.8, 4) is 0 Å². The Balaban J connectivity index is 2.52. The summed E-state index contributed by atoms with van der Waals surface area (Å²) in [5.41, 5.74) is 0. The summed E-state index contributed by atoms with van der Waals surface area (Å²) in [7, 11) is 0. The third-order valence-electron chi connectivity index (χ3n) is 2.10. The molecular formula is C7H13O4. The summed E-state index contributed by atoms with van der Waals surface area (Å²) in [6.07, 6.45) is -1.19. The average molecular weight is 161 g/mol. The Bertz CT molecular complexity index is 126. The highest BCUT2D eigenvalue weighted by molar-refractivity contribution is 4.96. The van der Waals surface area contributed by atoms with Crippen LogP contribution in [0.2, 0.25) is 0 Å². The maximum absolute atomic E-state index is 9.22. The van der Waals surface area contributed by atoms with E-state index in [4.69, 9.17) is 15.3 Å². The molecule has 4 nitrogen and oxygen atoms in total. The van der Waals surface area contributed by atoms with E-state index in [1.165, 1.54) is 6.42 Å². The highest BCUT2D eigenvalue weighted by Crippen LogP contribution is 2.23. The molecule has 1 saturated carbocycles. The fourth-order valence-corrected chi connectivity index (χ4v) is 1.26. The van der Waals surface area contributed by atoms with Crippen LogP contribution in [0, 0.1) is 12.3 Å². The van der Waals surface area contributed by atoms with Crippen LogP contribution in [0.5, 0.6) is 0 Å². The summed E-state index contributed by atoms with van der Waals surface area (Å²) in [6.45, 7) is -0.165. The molecule has 0 unspecified atom stereocenters. The minimum atomic E-state index is -1.15. The van der Waals surface area contributed by atoms with E-state index >= 15 is 0 Å². The second-order valence-corrected chi connectivity index (χ2v) is 2.89. The molecule has 0 saturated heterocycles. The summed E-state index contributed by atoms with van der Waals surface area (Å²) in [4.78, 5) is 0. The Kier molecular flexibility index (Phi) is 2.84. The van der Waals surface area contributed by atoms with Crippen LogP contribution < -0.4 is 0 Å². The molecule has 0 aromatic heterocycles. The van der Waals surface area contributed by atoms with Crippen molar-refractivity contribution in [1.82, 2.24) is 0 Å². The first-order valence-electron chi connectivity index (χ1n) is 3.65. The molecule has 0 aromatic carbocycles. The lowest BCUT2D eigenvalue weighted by Crippen LogP contribution is -2.47. The summed E-state index contributed by atoms with van der Waals surface area (Å²) in [6, 6.07) is 0. The van der Waals surface area contributed by atoms with Crippen LogP contribution in [0.4, 0.5) is 0 Å². The number of rotatable bonds is 1. The molecule has 0 heterocycles. The van der Waals surface area contributed by atoms with Crippen molar-refractivity contribution in [3.05, 3.63) is 6.42 Å². The zero-order valence-electron chi connectivity index (χ0n) is 6.09. The van der Waals surface area contributed by atoms with Gasteiger partial charge in [-0.1, -0.05) is 0 Å². The summed E-state index contributed by atoms with van der Waals surface area (Å²) < 4.78 is 0. The van der Waals surface area contributed by atoms with Gasteiger partial charge in [0.25, 0.3) is 0 Å². The standard InChI is InChI=1S/C7H13O4/c8-3-4-1-2-5(9)7(11)6(4)10/h2,4-11H,1,3H2/t4-,5-,6-,7+/m0/s1. The summed E-state index contributed by atoms with van der Waals surface area (Å²) in [5.74, 6) is -0.339. The van der Waals surface area contributed by atoms with Gasteiger partial charge in [-0.2, -0.15) is 0 Å². The third-order valence-corrected chi connectivity index (χ3v) is 2.10. The fourth-order valence-electron chi connectivity index (χ4n) is 1.26. The van der Waals surface area contributed by atoms with Crippen LogP contribution in [0.25, 0.3) is 0 Å². The van der Waals surface area contributed by atoms with Gasteiger partial charge >= 0.3 is 0 Å². The molecule has 1 fully saturated rings. The number of aliphatic hydroxyl groups is 4. The highest BCUT2D eigenvalue weighted by atomic mass is 16.4. The molecule has 0 spiro atoms. The van der Waals surface area contributed by atoms with E-state index in [0.29, 0.717) is 6.42 Å². The van der Waals surface area contributed by atoms with Crippen molar-refractivity contribution in [2.75, 3.05) is 6.61 Å². The van der Waals surface area contributed by atoms with Crippen LogP contribution in [-0.4, -0.2) is 45.3 Å². The van der Waals surface area contributed by atoms with Gasteiger partial charge in [-0.05, 0) is 12.8 Å². The molecule has 1 radical (unpaired) electrons. The largest absolute Gasteiger partial charge is 0.396 e. The zero-order chi connectivity index (χ0) is 8.43. The van der Waals surface area contributed by atoms with Crippen molar-refractivity contribution >= 4 is 0 Å². The first kappa shape index (κ1) is 8.93. The Morgan fingerprint density at radius 2 is 1.82 bits per heavy atom. The van der Waals surface area contributed by atoms with Gasteiger partial charge in [-0.15, -0.1) is 0 Å². The average Bonchev–Trinajstić information content (AvgIpc) is 2.01. The van der Waals surface area contributed by atoms with Crippen molar-refractivity contribution in [1.29, 1.82) is 0 Å². The maximum atomic E-state index is 9.22. The molecule has 0 amide bonds. The van der Waals surface area contributed by atoms with E-state index in [-0.39, 0.29) is 12.5 Å². The van der Waals surface area contributed by atoms with Gasteiger partial charge in [0.15, 0.2) is 0 Å². The third kappa shape index (κ3) is 1.70. The molecule has 1 rings (SSSR count). The van der Waals surface area contributed by atoms with Gasteiger partial charge in [0.1, 0.15) is 6.10 Å². The van der Waals surface area contributed by atoms with Crippen LogP contribution in [-0.2, 0) is 0 Å². The quantitative estimate of drug-likeness (QED) is 0.369. The van der Waals surface area contributed by atoms with Gasteiger partial charge in [-0.25, -0.2) is 0 Å². The lowest BCUT2D eigenvalue weighted by molar-refractivity contribution is -0.0985. The predicted octanol–water partition coefficient (Wildman–Crippen LogP) is -1.71. The number of aliphatic hydroxyl groups excluding tert-OH is 4. The van der Waals surface area contributed by atoms with E-state index in [1.807, 2.05) is 0 Å². The molecule has 4 heteroatoms. The smallest absolute Gasteiger partial charge is 0.106 e. The molecule has 11 heavy (non-hydrogen) atoms. The van der Waals surface area contributed by atoms with Crippen LogP contribution >= 0.6 is 0 Å². The van der Waals surface area contributed by atoms with E-state index in [9.17, 15) is 5.11 Å². The van der Waals surface area contributed by atoms with Gasteiger partial charge in [0, 0.05) is 12.5 Å². The Morgan fingerprint density at radius 3 is 2.36 bits per heavy atom. The summed E-state index contributed by atoms with van der Waals surface area (Å²) >= 11 is 0. The maximum Gasteiger partial charge on any atom is 0.106 e. The Hall–Kier alpha value is -0.160. The number of hydrogen-bond donors (Lipinski definition) is 4. The lowest BCUT2D eigenvalue weighted by Gasteiger charge is -2.33. The van der Waals surface area contributed by atoms with E-state index < -0.39 is 18.3 Å². The van der Waals surface area contributed by atoms with Gasteiger partial charge in [-0.3, -0.25) is 0 Å². The molecular weight excluding hydrogens is 148 g/mol. The topological polar surface area (TPSA) is 80.9 Å². The molecule has 0 aliphatic heterocycles. The van der Waals surface area contributed by atoms with Crippen LogP contribution in [0.1, 0.15) is 6.42 Å². The minimum Gasteiger partial charge on any atom is -0.396 e. The predicted molar refractivity (Wildman–Crippen MR) is 37.5 cm³/mol. The number of hydrogen-bond acceptors (Lipinski definition) is 4. The van der Waals surface area contributed by atoms with Crippen LogP contribution in [0.15, 0.2) is 0 Å². The molecule has 4 N–H and O–H groups in total. The normalized spacial score (nSPS) is 45.8. The second kappa shape index (κ2) is 3.49. The van der Waals surface area contributed by atoms with E-state index in [2.05, 4.69) is 0 Å². The monoisotopic (exact) mass is 161 g/mol. The van der Waals surface area contributed by atoms with Gasteiger partial charge in [0.2, 0.25) is 0 Å². The van der Waals surface area contributed by atoms with Crippen molar-refractivity contribution in [2.24, 2.45) is 5.92 Å². The lowest BCUT2D eigenvalue weighted by atomic mass is 9.83. The second-order valence-electron chi connectivity index (χ2n) is 2.89. The fraction of sp³-hybridized carbons (Fsp3) is 0.857. The molecule has 4 atom stereocenters. The molecule has 65 valence electrons. The molecule has 1 aliphatic carbocycles. The van der Waals surface area contributed by atoms with Crippen molar-refractivity contribution in [2.45, 2.75) is 24.7 Å². The van der Waals surface area contributed by atoms with E-state index in [0.717, 1.165) is 0 Å². The first-order chi connectivity index (χ1) is 5.16. The first-order valence-corrected chi connectivity index (χ1v) is 3.65. The molecule has 0 bridgehead atoms. The zero-order valence-corrected chi connectivity index (χ0v) is 6.09. The van der Waals surface area contributed by atoms with Crippen LogP contribution in [0.3, 0.4) is 0 Å². The Labute approximate surface area is 65.1 Å². The van der Waals surface area contributed by atoms with E-state index in [1.54, 1.807) is 0 Å².